The lowest BCUT2D eigenvalue weighted by Gasteiger charge is -2.10. The Bertz CT molecular complexity index is 840. The Labute approximate surface area is 144 Å². The molecule has 3 rings (SSSR count). The maximum atomic E-state index is 5.07. The van der Waals surface area contributed by atoms with Crippen molar-refractivity contribution in [2.24, 2.45) is 0 Å². The van der Waals surface area contributed by atoms with Crippen molar-refractivity contribution in [2.45, 2.75) is 11.9 Å². The van der Waals surface area contributed by atoms with Crippen LogP contribution in [0.2, 0.25) is 0 Å². The first-order chi connectivity index (χ1) is 11.7. The molecule has 0 amide bonds. The molecular formula is C16H16N6OS. The number of anilines is 2. The number of nitrogens with zero attached hydrogens (tertiary/aromatic N) is 5. The predicted molar refractivity (Wildman–Crippen MR) is 93.6 cm³/mol. The number of hydrogen-bond acceptors (Lipinski definition) is 8. The lowest BCUT2D eigenvalue weighted by Crippen LogP contribution is -2.01. The monoisotopic (exact) mass is 340 g/mol. The topological polar surface area (TPSA) is 85.7 Å². The minimum Gasteiger partial charge on any atom is -0.481 e. The van der Waals surface area contributed by atoms with Crippen LogP contribution in [0, 0.1) is 6.92 Å². The van der Waals surface area contributed by atoms with E-state index in [0.29, 0.717) is 23.2 Å². The second-order valence-corrected chi connectivity index (χ2v) is 5.64. The lowest BCUT2D eigenvalue weighted by atomic mass is 10.2. The quantitative estimate of drug-likeness (QED) is 0.560. The maximum absolute atomic E-state index is 5.07. The van der Waals surface area contributed by atoms with Crippen molar-refractivity contribution in [3.63, 3.8) is 0 Å². The van der Waals surface area contributed by atoms with Gasteiger partial charge in [0.2, 0.25) is 5.88 Å². The Morgan fingerprint density at radius 2 is 1.92 bits per heavy atom. The van der Waals surface area contributed by atoms with E-state index in [1.165, 1.54) is 0 Å². The molecule has 0 aromatic carbocycles. The molecule has 0 unspecified atom stereocenters. The number of methoxy groups -OCH3 is 1. The van der Waals surface area contributed by atoms with Crippen LogP contribution in [0.5, 0.6) is 5.88 Å². The van der Waals surface area contributed by atoms with Gasteiger partial charge in [-0.2, -0.15) is 0 Å². The largest absolute Gasteiger partial charge is 0.481 e. The van der Waals surface area contributed by atoms with Gasteiger partial charge < -0.3 is 10.1 Å². The van der Waals surface area contributed by atoms with Crippen molar-refractivity contribution in [2.75, 3.05) is 18.7 Å². The van der Waals surface area contributed by atoms with Gasteiger partial charge in [0.1, 0.15) is 16.5 Å². The molecule has 3 heterocycles. The van der Waals surface area contributed by atoms with E-state index in [0.717, 1.165) is 16.4 Å². The summed E-state index contributed by atoms with van der Waals surface area (Å²) in [5, 5.41) is 4.11. The molecule has 8 heteroatoms. The molecule has 0 aliphatic heterocycles. The summed E-state index contributed by atoms with van der Waals surface area (Å²) in [5.74, 6) is 1.85. The first-order valence-corrected chi connectivity index (χ1v) is 8.40. The second kappa shape index (κ2) is 7.22. The molecule has 0 aliphatic carbocycles. The SMILES string of the molecule is COc1ccc(Nc2nccnc2-c2cc(SC)nc(C)n2)cn1. The first kappa shape index (κ1) is 16.1. The standard InChI is InChI=1S/C16H16N6OS/c1-10-20-12(8-14(21-10)24-3)15-16(18-7-6-17-15)22-11-4-5-13(23-2)19-9-11/h4-9H,1-3H3,(H,18,22). The Hall–Kier alpha value is -2.74. The summed E-state index contributed by atoms with van der Waals surface area (Å²) in [5.41, 5.74) is 2.17. The van der Waals surface area contributed by atoms with Crippen molar-refractivity contribution >= 4 is 23.3 Å². The zero-order chi connectivity index (χ0) is 16.9. The van der Waals surface area contributed by atoms with Crippen molar-refractivity contribution < 1.29 is 4.74 Å². The number of hydrogen-bond donors (Lipinski definition) is 1. The van der Waals surface area contributed by atoms with Crippen LogP contribution < -0.4 is 10.1 Å². The lowest BCUT2D eigenvalue weighted by molar-refractivity contribution is 0.398. The number of nitrogens with one attached hydrogen (secondary N) is 1. The van der Waals surface area contributed by atoms with Crippen LogP contribution in [0.25, 0.3) is 11.4 Å². The van der Waals surface area contributed by atoms with Crippen LogP contribution in [0.3, 0.4) is 0 Å². The van der Waals surface area contributed by atoms with Gasteiger partial charge in [0.15, 0.2) is 5.82 Å². The summed E-state index contributed by atoms with van der Waals surface area (Å²) < 4.78 is 5.07. The number of rotatable bonds is 5. The minimum absolute atomic E-state index is 0.552. The van der Waals surface area contributed by atoms with Crippen molar-refractivity contribution in [1.29, 1.82) is 0 Å². The fourth-order valence-corrected chi connectivity index (χ4v) is 2.55. The summed E-state index contributed by atoms with van der Waals surface area (Å²) in [6, 6.07) is 5.54. The van der Waals surface area contributed by atoms with Crippen molar-refractivity contribution in [1.82, 2.24) is 24.9 Å². The van der Waals surface area contributed by atoms with E-state index >= 15 is 0 Å². The smallest absolute Gasteiger partial charge is 0.213 e. The van der Waals surface area contributed by atoms with Crippen LogP contribution in [0.1, 0.15) is 5.82 Å². The molecule has 1 N–H and O–H groups in total. The van der Waals surface area contributed by atoms with E-state index in [9.17, 15) is 0 Å². The van der Waals surface area contributed by atoms with Gasteiger partial charge in [-0.05, 0) is 25.3 Å². The third-order valence-electron chi connectivity index (χ3n) is 3.17. The highest BCUT2D eigenvalue weighted by molar-refractivity contribution is 7.98. The molecular weight excluding hydrogens is 324 g/mol. The van der Waals surface area contributed by atoms with Crippen LogP contribution in [-0.2, 0) is 0 Å². The fraction of sp³-hybridized carbons (Fsp3) is 0.188. The molecule has 0 aliphatic rings. The van der Waals surface area contributed by atoms with Gasteiger partial charge in [-0.3, -0.25) is 0 Å². The van der Waals surface area contributed by atoms with Crippen LogP contribution in [0.4, 0.5) is 11.5 Å². The number of aromatic nitrogens is 5. The average Bonchev–Trinajstić information content (AvgIpc) is 2.62. The highest BCUT2D eigenvalue weighted by Gasteiger charge is 2.12. The maximum Gasteiger partial charge on any atom is 0.213 e. The van der Waals surface area contributed by atoms with E-state index in [-0.39, 0.29) is 0 Å². The molecule has 122 valence electrons. The van der Waals surface area contributed by atoms with Crippen LogP contribution in [-0.4, -0.2) is 38.3 Å². The van der Waals surface area contributed by atoms with Gasteiger partial charge in [-0.25, -0.2) is 24.9 Å². The molecule has 0 radical (unpaired) electrons. The number of ether oxygens (including phenoxy) is 1. The molecule has 0 saturated carbocycles. The van der Waals surface area contributed by atoms with Gasteiger partial charge in [0, 0.05) is 18.5 Å². The number of thioether (sulfide) groups is 1. The fourth-order valence-electron chi connectivity index (χ4n) is 2.09. The third kappa shape index (κ3) is 3.60. The zero-order valence-corrected chi connectivity index (χ0v) is 14.3. The van der Waals surface area contributed by atoms with E-state index in [4.69, 9.17) is 4.74 Å². The molecule has 0 bridgehead atoms. The summed E-state index contributed by atoms with van der Waals surface area (Å²) in [4.78, 5) is 21.8. The van der Waals surface area contributed by atoms with E-state index in [1.807, 2.05) is 25.3 Å². The highest BCUT2D eigenvalue weighted by atomic mass is 32.2. The molecule has 7 nitrogen and oxygen atoms in total. The molecule has 3 aromatic rings. The number of aryl methyl sites for hydroxylation is 1. The molecule has 0 saturated heterocycles. The highest BCUT2D eigenvalue weighted by Crippen LogP contribution is 2.27. The second-order valence-electron chi connectivity index (χ2n) is 4.81. The predicted octanol–water partition coefficient (Wildman–Crippen LogP) is 3.11. The van der Waals surface area contributed by atoms with Gasteiger partial charge in [-0.1, -0.05) is 0 Å². The molecule has 3 aromatic heterocycles. The molecule has 0 spiro atoms. The van der Waals surface area contributed by atoms with Gasteiger partial charge >= 0.3 is 0 Å². The van der Waals surface area contributed by atoms with E-state index in [2.05, 4.69) is 30.2 Å². The average molecular weight is 340 g/mol. The molecule has 0 fully saturated rings. The summed E-state index contributed by atoms with van der Waals surface area (Å²) in [7, 11) is 1.58. The normalized spacial score (nSPS) is 10.5. The Balaban J connectivity index is 1.97. The Kier molecular flexibility index (Phi) is 4.85. The summed E-state index contributed by atoms with van der Waals surface area (Å²) in [6.45, 7) is 1.86. The van der Waals surface area contributed by atoms with Gasteiger partial charge in [-0.15, -0.1) is 11.8 Å². The zero-order valence-electron chi connectivity index (χ0n) is 13.5. The van der Waals surface area contributed by atoms with Gasteiger partial charge in [0.05, 0.1) is 24.7 Å². The summed E-state index contributed by atoms with van der Waals surface area (Å²) in [6.07, 6.45) is 6.93. The van der Waals surface area contributed by atoms with Gasteiger partial charge in [0.25, 0.3) is 0 Å². The van der Waals surface area contributed by atoms with E-state index in [1.54, 1.807) is 43.5 Å². The van der Waals surface area contributed by atoms with Crippen LogP contribution >= 0.6 is 11.8 Å². The minimum atomic E-state index is 0.552. The Morgan fingerprint density at radius 3 is 2.62 bits per heavy atom. The number of pyridine rings is 1. The third-order valence-corrected chi connectivity index (χ3v) is 3.80. The Morgan fingerprint density at radius 1 is 1.08 bits per heavy atom. The van der Waals surface area contributed by atoms with E-state index < -0.39 is 0 Å². The molecule has 24 heavy (non-hydrogen) atoms. The summed E-state index contributed by atoms with van der Waals surface area (Å²) >= 11 is 1.56. The van der Waals surface area contributed by atoms with Crippen molar-refractivity contribution in [3.8, 4) is 17.3 Å². The molecule has 0 atom stereocenters. The van der Waals surface area contributed by atoms with Crippen LogP contribution in [0.15, 0.2) is 41.8 Å². The first-order valence-electron chi connectivity index (χ1n) is 7.17. The van der Waals surface area contributed by atoms with Crippen molar-refractivity contribution in [3.05, 3.63) is 42.6 Å².